The molecule has 0 amide bonds. The van der Waals surface area contributed by atoms with Gasteiger partial charge in [-0.05, 0) is 57.1 Å². The van der Waals surface area contributed by atoms with Crippen LogP contribution in [0.3, 0.4) is 0 Å². The van der Waals surface area contributed by atoms with Gasteiger partial charge in [0.2, 0.25) is 0 Å². The number of benzene rings is 1. The highest BCUT2D eigenvalue weighted by Gasteiger charge is 2.21. The first-order chi connectivity index (χ1) is 10.1. The summed E-state index contributed by atoms with van der Waals surface area (Å²) >= 11 is 1.96. The molecular formula is C16H24N2O2S. The molecule has 0 bridgehead atoms. The zero-order valence-corrected chi connectivity index (χ0v) is 13.5. The first-order valence-corrected chi connectivity index (χ1v) is 8.78. The molecule has 2 rings (SSSR count). The summed E-state index contributed by atoms with van der Waals surface area (Å²) in [4.78, 5) is 11.8. The van der Waals surface area contributed by atoms with Gasteiger partial charge in [-0.1, -0.05) is 0 Å². The van der Waals surface area contributed by atoms with Crippen molar-refractivity contribution in [1.82, 2.24) is 0 Å². The van der Waals surface area contributed by atoms with Gasteiger partial charge in [0, 0.05) is 11.3 Å². The van der Waals surface area contributed by atoms with E-state index in [1.54, 1.807) is 25.1 Å². The molecule has 0 spiro atoms. The summed E-state index contributed by atoms with van der Waals surface area (Å²) in [6.45, 7) is 2.18. The van der Waals surface area contributed by atoms with Crippen molar-refractivity contribution in [3.63, 3.8) is 0 Å². The molecule has 0 radical (unpaired) electrons. The van der Waals surface area contributed by atoms with Crippen molar-refractivity contribution in [2.45, 2.75) is 43.9 Å². The summed E-state index contributed by atoms with van der Waals surface area (Å²) in [7, 11) is 0. The first kappa shape index (κ1) is 16.0. The van der Waals surface area contributed by atoms with Crippen LogP contribution >= 0.6 is 11.8 Å². The van der Waals surface area contributed by atoms with Gasteiger partial charge in [0.1, 0.15) is 0 Å². The molecule has 0 aliphatic heterocycles. The average Bonchev–Trinajstić information content (AvgIpc) is 2.50. The average molecular weight is 308 g/mol. The molecule has 0 heterocycles. The largest absolute Gasteiger partial charge is 0.462 e. The maximum atomic E-state index is 11.8. The summed E-state index contributed by atoms with van der Waals surface area (Å²) < 4.78 is 5.03. The zero-order chi connectivity index (χ0) is 15.2. The van der Waals surface area contributed by atoms with Gasteiger partial charge in [-0.25, -0.2) is 4.79 Å². The van der Waals surface area contributed by atoms with E-state index in [2.05, 4.69) is 11.6 Å². The fourth-order valence-electron chi connectivity index (χ4n) is 2.69. The molecule has 0 unspecified atom stereocenters. The summed E-state index contributed by atoms with van der Waals surface area (Å²) in [5, 5.41) is 4.27. The second kappa shape index (κ2) is 7.59. The van der Waals surface area contributed by atoms with Crippen LogP contribution in [0.5, 0.6) is 0 Å². The molecule has 21 heavy (non-hydrogen) atoms. The van der Waals surface area contributed by atoms with E-state index in [-0.39, 0.29) is 5.97 Å². The quantitative estimate of drug-likeness (QED) is 0.643. The van der Waals surface area contributed by atoms with Gasteiger partial charge in [0.15, 0.2) is 0 Å². The fourth-order valence-corrected chi connectivity index (χ4v) is 3.43. The van der Waals surface area contributed by atoms with E-state index in [0.29, 0.717) is 23.9 Å². The Morgan fingerprint density at radius 3 is 2.71 bits per heavy atom. The lowest BCUT2D eigenvalue weighted by atomic mass is 9.94. The van der Waals surface area contributed by atoms with Crippen molar-refractivity contribution in [3.8, 4) is 0 Å². The van der Waals surface area contributed by atoms with E-state index >= 15 is 0 Å². The number of hydrogen-bond donors (Lipinski definition) is 2. The Kier molecular flexibility index (Phi) is 5.79. The number of thioether (sulfide) groups is 1. The van der Waals surface area contributed by atoms with Crippen molar-refractivity contribution in [2.24, 2.45) is 0 Å². The van der Waals surface area contributed by atoms with Gasteiger partial charge < -0.3 is 15.8 Å². The Bertz CT molecular complexity index is 485. The van der Waals surface area contributed by atoms with Gasteiger partial charge in [0.05, 0.1) is 23.5 Å². The van der Waals surface area contributed by atoms with Crippen LogP contribution in [0.1, 0.15) is 43.0 Å². The number of rotatable bonds is 5. The van der Waals surface area contributed by atoms with Crippen LogP contribution in [0.2, 0.25) is 0 Å². The molecular weight excluding hydrogens is 284 g/mol. The minimum Gasteiger partial charge on any atom is -0.462 e. The fraction of sp³-hybridized carbons (Fsp3) is 0.562. The molecule has 1 aromatic rings. The standard InChI is InChI=1S/C16H24N2O2S/c1-3-20-16(19)11-4-9-14(17)15(10-11)18-12-5-7-13(21-2)8-6-12/h4,9-10,12-13,18H,3,5-8,17H2,1-2H3. The molecule has 116 valence electrons. The number of nitrogens with two attached hydrogens (primary N) is 1. The maximum Gasteiger partial charge on any atom is 0.338 e. The Labute approximate surface area is 130 Å². The molecule has 0 atom stereocenters. The van der Waals surface area contributed by atoms with Gasteiger partial charge >= 0.3 is 5.97 Å². The number of carbonyl (C=O) groups excluding carboxylic acids is 1. The molecule has 4 nitrogen and oxygen atoms in total. The van der Waals surface area contributed by atoms with Gasteiger partial charge in [-0.15, -0.1) is 0 Å². The zero-order valence-electron chi connectivity index (χ0n) is 12.7. The van der Waals surface area contributed by atoms with Crippen molar-refractivity contribution >= 4 is 29.1 Å². The summed E-state index contributed by atoms with van der Waals surface area (Å²) in [5.41, 5.74) is 8.08. The SMILES string of the molecule is CCOC(=O)c1ccc(N)c(NC2CCC(SC)CC2)c1. The second-order valence-corrected chi connectivity index (χ2v) is 6.51. The lowest BCUT2D eigenvalue weighted by Gasteiger charge is -2.29. The number of ether oxygens (including phenoxy) is 1. The molecule has 1 fully saturated rings. The Morgan fingerprint density at radius 2 is 2.10 bits per heavy atom. The number of carbonyl (C=O) groups is 1. The lowest BCUT2D eigenvalue weighted by Crippen LogP contribution is -2.27. The van der Waals surface area contributed by atoms with Crippen LogP contribution < -0.4 is 11.1 Å². The normalized spacial score (nSPS) is 21.8. The van der Waals surface area contributed by atoms with E-state index in [1.165, 1.54) is 12.8 Å². The van der Waals surface area contributed by atoms with Gasteiger partial charge in [-0.3, -0.25) is 0 Å². The minimum atomic E-state index is -0.299. The Morgan fingerprint density at radius 1 is 1.38 bits per heavy atom. The topological polar surface area (TPSA) is 64.3 Å². The van der Waals surface area contributed by atoms with Crippen LogP contribution in [-0.2, 0) is 4.74 Å². The second-order valence-electron chi connectivity index (χ2n) is 5.38. The minimum absolute atomic E-state index is 0.299. The molecule has 1 aliphatic carbocycles. The highest BCUT2D eigenvalue weighted by atomic mass is 32.2. The van der Waals surface area contributed by atoms with Gasteiger partial charge in [-0.2, -0.15) is 11.8 Å². The highest BCUT2D eigenvalue weighted by Crippen LogP contribution is 2.30. The Balaban J connectivity index is 2.02. The van der Waals surface area contributed by atoms with E-state index < -0.39 is 0 Å². The van der Waals surface area contributed by atoms with Crippen LogP contribution in [0, 0.1) is 0 Å². The van der Waals surface area contributed by atoms with Crippen LogP contribution in [0.25, 0.3) is 0 Å². The molecule has 1 aliphatic rings. The lowest BCUT2D eigenvalue weighted by molar-refractivity contribution is 0.0526. The first-order valence-electron chi connectivity index (χ1n) is 7.50. The van der Waals surface area contributed by atoms with Crippen LogP contribution in [-0.4, -0.2) is 30.1 Å². The molecule has 0 aromatic heterocycles. The summed E-state index contributed by atoms with van der Waals surface area (Å²) in [6, 6.07) is 5.72. The third-order valence-electron chi connectivity index (χ3n) is 3.93. The molecule has 3 N–H and O–H groups in total. The van der Waals surface area contributed by atoms with Crippen molar-refractivity contribution in [2.75, 3.05) is 23.9 Å². The number of nitrogens with one attached hydrogen (secondary N) is 1. The molecule has 0 saturated heterocycles. The maximum absolute atomic E-state index is 11.8. The number of hydrogen-bond acceptors (Lipinski definition) is 5. The van der Waals surface area contributed by atoms with Gasteiger partial charge in [0.25, 0.3) is 0 Å². The predicted octanol–water partition coefficient (Wildman–Crippen LogP) is 3.53. The summed E-state index contributed by atoms with van der Waals surface area (Å²) in [5.74, 6) is -0.299. The predicted molar refractivity (Wildman–Crippen MR) is 90.0 cm³/mol. The third-order valence-corrected chi connectivity index (χ3v) is 5.07. The Hall–Kier alpha value is -1.36. The van der Waals surface area contributed by atoms with E-state index in [4.69, 9.17) is 10.5 Å². The molecule has 1 saturated carbocycles. The number of anilines is 2. The third kappa shape index (κ3) is 4.30. The van der Waals surface area contributed by atoms with Crippen LogP contribution in [0.4, 0.5) is 11.4 Å². The van der Waals surface area contributed by atoms with Crippen molar-refractivity contribution in [3.05, 3.63) is 23.8 Å². The van der Waals surface area contributed by atoms with Crippen molar-refractivity contribution in [1.29, 1.82) is 0 Å². The van der Waals surface area contributed by atoms with E-state index in [1.807, 2.05) is 11.8 Å². The highest BCUT2D eigenvalue weighted by molar-refractivity contribution is 7.99. The van der Waals surface area contributed by atoms with Crippen LogP contribution in [0.15, 0.2) is 18.2 Å². The smallest absolute Gasteiger partial charge is 0.338 e. The summed E-state index contributed by atoms with van der Waals surface area (Å²) in [6.07, 6.45) is 6.94. The number of esters is 1. The van der Waals surface area contributed by atoms with Crippen molar-refractivity contribution < 1.29 is 9.53 Å². The van der Waals surface area contributed by atoms with E-state index in [0.717, 1.165) is 23.8 Å². The molecule has 1 aromatic carbocycles. The van der Waals surface area contributed by atoms with E-state index in [9.17, 15) is 4.79 Å². The monoisotopic (exact) mass is 308 g/mol. The molecule has 5 heteroatoms. The number of nitrogen functional groups attached to an aromatic ring is 1.